The van der Waals surface area contributed by atoms with Crippen LogP contribution < -0.4 is 0 Å². The van der Waals surface area contributed by atoms with Crippen LogP contribution in [0.15, 0.2) is 24.3 Å². The molecule has 2 atom stereocenters. The molecule has 0 aliphatic heterocycles. The van der Waals surface area contributed by atoms with E-state index >= 15 is 0 Å². The normalized spacial score (nSPS) is 24.1. The number of ketones is 2. The summed E-state index contributed by atoms with van der Waals surface area (Å²) in [6.07, 6.45) is 8.47. The van der Waals surface area contributed by atoms with E-state index in [-0.39, 0.29) is 23.4 Å². The molecule has 1 aliphatic rings. The monoisotopic (exact) mass is 192 g/mol. The third-order valence-corrected chi connectivity index (χ3v) is 2.68. The standard InChI is InChI=1S/C12H16O2/c1-3-6-11(13)9(2)10-7-4-5-8-12(10)14/h3,5-6,8-10H,4,7H2,1-2H3. The minimum atomic E-state index is -0.177. The maximum absolute atomic E-state index is 11.5. The molecule has 14 heavy (non-hydrogen) atoms. The van der Waals surface area contributed by atoms with Crippen molar-refractivity contribution in [3.63, 3.8) is 0 Å². The highest BCUT2D eigenvalue weighted by atomic mass is 16.1. The first-order chi connectivity index (χ1) is 6.66. The Kier molecular flexibility index (Phi) is 3.81. The lowest BCUT2D eigenvalue weighted by Gasteiger charge is -2.21. The maximum atomic E-state index is 11.5. The summed E-state index contributed by atoms with van der Waals surface area (Å²) in [6.45, 7) is 3.65. The molecule has 0 spiro atoms. The third-order valence-electron chi connectivity index (χ3n) is 2.68. The van der Waals surface area contributed by atoms with Gasteiger partial charge in [0.2, 0.25) is 0 Å². The van der Waals surface area contributed by atoms with Gasteiger partial charge in [0.1, 0.15) is 0 Å². The minimum absolute atomic E-state index is 0.0566. The van der Waals surface area contributed by atoms with E-state index < -0.39 is 0 Å². The Morgan fingerprint density at radius 1 is 1.64 bits per heavy atom. The van der Waals surface area contributed by atoms with E-state index in [2.05, 4.69) is 0 Å². The number of rotatable bonds is 3. The van der Waals surface area contributed by atoms with E-state index in [9.17, 15) is 9.59 Å². The third kappa shape index (κ3) is 2.41. The molecule has 0 fully saturated rings. The lowest BCUT2D eigenvalue weighted by atomic mass is 9.81. The van der Waals surface area contributed by atoms with Crippen molar-refractivity contribution in [2.45, 2.75) is 26.7 Å². The molecule has 0 saturated heterocycles. The molecule has 2 unspecified atom stereocenters. The molecule has 0 N–H and O–H groups in total. The Balaban J connectivity index is 2.68. The number of allylic oxidation sites excluding steroid dienone is 4. The molecular formula is C12H16O2. The molecule has 1 rings (SSSR count). The van der Waals surface area contributed by atoms with E-state index in [1.807, 2.05) is 19.9 Å². The Morgan fingerprint density at radius 3 is 2.93 bits per heavy atom. The topological polar surface area (TPSA) is 34.1 Å². The Bertz CT molecular complexity index is 287. The first kappa shape index (κ1) is 10.9. The highest BCUT2D eigenvalue weighted by molar-refractivity contribution is 5.99. The van der Waals surface area contributed by atoms with Gasteiger partial charge in [-0.15, -0.1) is 0 Å². The summed E-state index contributed by atoms with van der Waals surface area (Å²) in [4.78, 5) is 23.0. The summed E-state index contributed by atoms with van der Waals surface area (Å²) in [5, 5.41) is 0. The number of carbonyl (C=O) groups excluding carboxylic acids is 2. The second kappa shape index (κ2) is 4.89. The molecular weight excluding hydrogens is 176 g/mol. The molecule has 2 heteroatoms. The molecule has 0 bridgehead atoms. The summed E-state index contributed by atoms with van der Waals surface area (Å²) in [6, 6.07) is 0. The predicted octanol–water partition coefficient (Wildman–Crippen LogP) is 2.30. The van der Waals surface area contributed by atoms with Crippen molar-refractivity contribution in [2.75, 3.05) is 0 Å². The number of hydrogen-bond donors (Lipinski definition) is 0. The van der Waals surface area contributed by atoms with Gasteiger partial charge in [0, 0.05) is 11.8 Å². The van der Waals surface area contributed by atoms with Gasteiger partial charge < -0.3 is 0 Å². The highest BCUT2D eigenvalue weighted by Gasteiger charge is 2.28. The highest BCUT2D eigenvalue weighted by Crippen LogP contribution is 2.24. The van der Waals surface area contributed by atoms with Crippen LogP contribution in [0.1, 0.15) is 26.7 Å². The van der Waals surface area contributed by atoms with Gasteiger partial charge >= 0.3 is 0 Å². The van der Waals surface area contributed by atoms with Crippen LogP contribution in [0.2, 0.25) is 0 Å². The van der Waals surface area contributed by atoms with Crippen LogP contribution in [-0.4, -0.2) is 11.6 Å². The van der Waals surface area contributed by atoms with Crippen LogP contribution in [0.25, 0.3) is 0 Å². The molecule has 76 valence electrons. The zero-order chi connectivity index (χ0) is 10.6. The first-order valence-electron chi connectivity index (χ1n) is 5.03. The van der Waals surface area contributed by atoms with Crippen LogP contribution in [0, 0.1) is 11.8 Å². The van der Waals surface area contributed by atoms with Crippen molar-refractivity contribution in [1.29, 1.82) is 0 Å². The summed E-state index contributed by atoms with van der Waals surface area (Å²) < 4.78 is 0. The fourth-order valence-corrected chi connectivity index (χ4v) is 1.75. The van der Waals surface area contributed by atoms with Crippen LogP contribution in [0.5, 0.6) is 0 Å². The van der Waals surface area contributed by atoms with Crippen LogP contribution in [0.3, 0.4) is 0 Å². The Morgan fingerprint density at radius 2 is 2.36 bits per heavy atom. The van der Waals surface area contributed by atoms with Gasteiger partial charge in [0.25, 0.3) is 0 Å². The van der Waals surface area contributed by atoms with E-state index in [0.717, 1.165) is 12.8 Å². The lowest BCUT2D eigenvalue weighted by Crippen LogP contribution is -2.27. The van der Waals surface area contributed by atoms with E-state index in [4.69, 9.17) is 0 Å². The van der Waals surface area contributed by atoms with Crippen molar-refractivity contribution in [3.05, 3.63) is 24.3 Å². The van der Waals surface area contributed by atoms with E-state index in [0.29, 0.717) is 0 Å². The molecule has 0 aromatic heterocycles. The quantitative estimate of drug-likeness (QED) is 0.643. The van der Waals surface area contributed by atoms with Gasteiger partial charge in [0.05, 0.1) is 0 Å². The zero-order valence-electron chi connectivity index (χ0n) is 8.69. The SMILES string of the molecule is CC=CC(=O)C(C)C1CCC=CC1=O. The summed E-state index contributed by atoms with van der Waals surface area (Å²) in [5.41, 5.74) is 0. The molecule has 0 amide bonds. The fraction of sp³-hybridized carbons (Fsp3) is 0.500. The van der Waals surface area contributed by atoms with Crippen molar-refractivity contribution < 1.29 is 9.59 Å². The number of hydrogen-bond acceptors (Lipinski definition) is 2. The van der Waals surface area contributed by atoms with Crippen LogP contribution >= 0.6 is 0 Å². The summed E-state index contributed by atoms with van der Waals surface area (Å²) in [5.74, 6) is -0.130. The average Bonchev–Trinajstić information content (AvgIpc) is 2.18. The van der Waals surface area contributed by atoms with Gasteiger partial charge in [-0.3, -0.25) is 9.59 Å². The molecule has 0 heterocycles. The van der Waals surface area contributed by atoms with Gasteiger partial charge in [-0.25, -0.2) is 0 Å². The second-order valence-electron chi connectivity index (χ2n) is 3.68. The Hall–Kier alpha value is -1.18. The molecule has 1 aliphatic carbocycles. The molecule has 0 radical (unpaired) electrons. The van der Waals surface area contributed by atoms with Gasteiger partial charge in [0.15, 0.2) is 11.6 Å². The van der Waals surface area contributed by atoms with Crippen molar-refractivity contribution in [3.8, 4) is 0 Å². The molecule has 0 aromatic rings. The molecule has 0 saturated carbocycles. The second-order valence-corrected chi connectivity index (χ2v) is 3.68. The average molecular weight is 192 g/mol. The van der Waals surface area contributed by atoms with Gasteiger partial charge in [-0.1, -0.05) is 19.1 Å². The van der Waals surface area contributed by atoms with Gasteiger partial charge in [-0.05, 0) is 31.9 Å². The minimum Gasteiger partial charge on any atom is -0.295 e. The summed E-state index contributed by atoms with van der Waals surface area (Å²) >= 11 is 0. The smallest absolute Gasteiger partial charge is 0.159 e. The van der Waals surface area contributed by atoms with Crippen LogP contribution in [0.4, 0.5) is 0 Å². The fourth-order valence-electron chi connectivity index (χ4n) is 1.75. The predicted molar refractivity (Wildman–Crippen MR) is 55.9 cm³/mol. The largest absolute Gasteiger partial charge is 0.295 e. The molecule has 2 nitrogen and oxygen atoms in total. The maximum Gasteiger partial charge on any atom is 0.159 e. The number of carbonyl (C=O) groups is 2. The van der Waals surface area contributed by atoms with E-state index in [1.165, 1.54) is 0 Å². The van der Waals surface area contributed by atoms with Crippen molar-refractivity contribution in [1.82, 2.24) is 0 Å². The zero-order valence-corrected chi connectivity index (χ0v) is 8.69. The van der Waals surface area contributed by atoms with Crippen LogP contribution in [-0.2, 0) is 9.59 Å². The summed E-state index contributed by atoms with van der Waals surface area (Å²) in [7, 11) is 0. The van der Waals surface area contributed by atoms with Gasteiger partial charge in [-0.2, -0.15) is 0 Å². The first-order valence-corrected chi connectivity index (χ1v) is 5.03. The van der Waals surface area contributed by atoms with E-state index in [1.54, 1.807) is 18.2 Å². The molecule has 0 aromatic carbocycles. The van der Waals surface area contributed by atoms with Crippen molar-refractivity contribution >= 4 is 11.6 Å². The Labute approximate surface area is 84.7 Å². The lowest BCUT2D eigenvalue weighted by molar-refractivity contribution is -0.127. The van der Waals surface area contributed by atoms with Crippen molar-refractivity contribution in [2.24, 2.45) is 11.8 Å².